The number of aliphatic hydroxyl groups excluding tert-OH is 1. The number of hydrogen-bond acceptors (Lipinski definition) is 4. The van der Waals surface area contributed by atoms with Gasteiger partial charge in [0.2, 0.25) is 0 Å². The third-order valence-corrected chi connectivity index (χ3v) is 3.13. The van der Waals surface area contributed by atoms with Crippen molar-refractivity contribution in [3.05, 3.63) is 29.8 Å². The Labute approximate surface area is 120 Å². The van der Waals surface area contributed by atoms with Gasteiger partial charge in [-0.05, 0) is 37.2 Å². The van der Waals surface area contributed by atoms with E-state index in [1.807, 2.05) is 24.3 Å². The fraction of sp³-hybridized carbons (Fsp3) is 0.500. The zero-order chi connectivity index (χ0) is 14.1. The van der Waals surface area contributed by atoms with E-state index >= 15 is 0 Å². The second-order valence-electron chi connectivity index (χ2n) is 4.25. The summed E-state index contributed by atoms with van der Waals surface area (Å²) in [6.07, 6.45) is 0.935. The van der Waals surface area contributed by atoms with E-state index in [1.54, 1.807) is 0 Å². The molecule has 0 unspecified atom stereocenters. The highest BCUT2D eigenvalue weighted by Gasteiger charge is 2.01. The second kappa shape index (κ2) is 8.85. The SMILES string of the molecule is CCN(CCO)CCCOc1ccc(C(N)=S)cc1. The Morgan fingerprint density at radius 1 is 1.32 bits per heavy atom. The molecule has 3 N–H and O–H groups in total. The molecule has 1 aromatic rings. The molecular weight excluding hydrogens is 260 g/mol. The maximum Gasteiger partial charge on any atom is 0.119 e. The molecule has 19 heavy (non-hydrogen) atoms. The predicted octanol–water partition coefficient (Wildman–Crippen LogP) is 1.40. The third kappa shape index (κ3) is 6.00. The molecule has 0 spiro atoms. The summed E-state index contributed by atoms with van der Waals surface area (Å²) in [6, 6.07) is 7.48. The van der Waals surface area contributed by atoms with Crippen molar-refractivity contribution in [2.75, 3.05) is 32.8 Å². The molecule has 0 heterocycles. The van der Waals surface area contributed by atoms with Crippen LogP contribution >= 0.6 is 12.2 Å². The first kappa shape index (κ1) is 15.9. The fourth-order valence-electron chi connectivity index (χ4n) is 1.76. The molecule has 0 fully saturated rings. The topological polar surface area (TPSA) is 58.7 Å². The van der Waals surface area contributed by atoms with Crippen molar-refractivity contribution in [3.8, 4) is 5.75 Å². The quantitative estimate of drug-likeness (QED) is 0.530. The number of hydrogen-bond donors (Lipinski definition) is 2. The van der Waals surface area contributed by atoms with E-state index in [4.69, 9.17) is 27.8 Å². The van der Waals surface area contributed by atoms with E-state index in [0.29, 0.717) is 11.6 Å². The maximum absolute atomic E-state index is 8.88. The van der Waals surface area contributed by atoms with Gasteiger partial charge in [0.05, 0.1) is 13.2 Å². The molecule has 0 aliphatic carbocycles. The van der Waals surface area contributed by atoms with Crippen molar-refractivity contribution in [3.63, 3.8) is 0 Å². The van der Waals surface area contributed by atoms with Crippen LogP contribution in [0.2, 0.25) is 0 Å². The molecule has 0 aliphatic heterocycles. The summed E-state index contributed by atoms with van der Waals surface area (Å²) in [4.78, 5) is 2.59. The van der Waals surface area contributed by atoms with Gasteiger partial charge >= 0.3 is 0 Å². The maximum atomic E-state index is 8.88. The van der Waals surface area contributed by atoms with Gasteiger partial charge in [0.15, 0.2) is 0 Å². The Morgan fingerprint density at radius 3 is 2.53 bits per heavy atom. The zero-order valence-electron chi connectivity index (χ0n) is 11.3. The number of nitrogens with zero attached hydrogens (tertiary/aromatic N) is 1. The van der Waals surface area contributed by atoms with Gasteiger partial charge in [0.25, 0.3) is 0 Å². The number of likely N-dealkylation sites (N-methyl/N-ethyl adjacent to an activating group) is 1. The molecule has 0 saturated heterocycles. The van der Waals surface area contributed by atoms with Gasteiger partial charge in [0, 0.05) is 18.7 Å². The summed E-state index contributed by atoms with van der Waals surface area (Å²) in [6.45, 7) is 5.55. The van der Waals surface area contributed by atoms with E-state index in [0.717, 1.165) is 37.4 Å². The largest absolute Gasteiger partial charge is 0.494 e. The number of rotatable bonds is 9. The Kier molecular flexibility index (Phi) is 7.40. The van der Waals surface area contributed by atoms with Gasteiger partial charge in [-0.15, -0.1) is 0 Å². The lowest BCUT2D eigenvalue weighted by atomic mass is 10.2. The summed E-state index contributed by atoms with van der Waals surface area (Å²) in [7, 11) is 0. The molecule has 0 aromatic heterocycles. The van der Waals surface area contributed by atoms with Gasteiger partial charge in [-0.1, -0.05) is 19.1 Å². The van der Waals surface area contributed by atoms with Crippen LogP contribution in [0.4, 0.5) is 0 Å². The van der Waals surface area contributed by atoms with Crippen molar-refractivity contribution >= 4 is 17.2 Å². The fourth-order valence-corrected chi connectivity index (χ4v) is 1.90. The average molecular weight is 282 g/mol. The second-order valence-corrected chi connectivity index (χ2v) is 4.69. The lowest BCUT2D eigenvalue weighted by Gasteiger charge is -2.18. The van der Waals surface area contributed by atoms with Crippen LogP contribution in [0.15, 0.2) is 24.3 Å². The van der Waals surface area contributed by atoms with Crippen LogP contribution in [0, 0.1) is 0 Å². The van der Waals surface area contributed by atoms with E-state index in [2.05, 4.69) is 11.8 Å². The lowest BCUT2D eigenvalue weighted by molar-refractivity contribution is 0.189. The van der Waals surface area contributed by atoms with E-state index in [-0.39, 0.29) is 6.61 Å². The van der Waals surface area contributed by atoms with Gasteiger partial charge in [0.1, 0.15) is 10.7 Å². The first-order chi connectivity index (χ1) is 9.17. The summed E-state index contributed by atoms with van der Waals surface area (Å²) in [5, 5.41) is 8.88. The van der Waals surface area contributed by atoms with Crippen LogP contribution in [-0.2, 0) is 0 Å². The number of thiocarbonyl (C=S) groups is 1. The summed E-state index contributed by atoms with van der Waals surface area (Å²) in [5.41, 5.74) is 6.38. The van der Waals surface area contributed by atoms with Gasteiger partial charge < -0.3 is 20.5 Å². The van der Waals surface area contributed by atoms with Crippen molar-refractivity contribution in [2.24, 2.45) is 5.73 Å². The zero-order valence-corrected chi connectivity index (χ0v) is 12.2. The molecule has 106 valence electrons. The molecular formula is C14H22N2O2S. The molecule has 4 nitrogen and oxygen atoms in total. The van der Waals surface area contributed by atoms with E-state index in [9.17, 15) is 0 Å². The lowest BCUT2D eigenvalue weighted by Crippen LogP contribution is -2.28. The molecule has 0 amide bonds. The predicted molar refractivity (Wildman–Crippen MR) is 81.6 cm³/mol. The van der Waals surface area contributed by atoms with Crippen LogP contribution < -0.4 is 10.5 Å². The molecule has 0 bridgehead atoms. The Morgan fingerprint density at radius 2 is 2.00 bits per heavy atom. The van der Waals surface area contributed by atoms with Crippen LogP contribution in [0.1, 0.15) is 18.9 Å². The molecule has 0 saturated carbocycles. The van der Waals surface area contributed by atoms with Gasteiger partial charge in [-0.25, -0.2) is 0 Å². The minimum atomic E-state index is 0.204. The van der Waals surface area contributed by atoms with E-state index < -0.39 is 0 Å². The summed E-state index contributed by atoms with van der Waals surface area (Å²) in [5.74, 6) is 0.824. The first-order valence-electron chi connectivity index (χ1n) is 6.53. The van der Waals surface area contributed by atoms with Crippen LogP contribution in [-0.4, -0.2) is 47.8 Å². The number of benzene rings is 1. The van der Waals surface area contributed by atoms with Crippen molar-refractivity contribution in [1.29, 1.82) is 0 Å². The van der Waals surface area contributed by atoms with Crippen LogP contribution in [0.5, 0.6) is 5.75 Å². The smallest absolute Gasteiger partial charge is 0.119 e. The normalized spacial score (nSPS) is 10.7. The Hall–Kier alpha value is -1.17. The van der Waals surface area contributed by atoms with Crippen molar-refractivity contribution in [1.82, 2.24) is 4.90 Å². The number of ether oxygens (including phenoxy) is 1. The van der Waals surface area contributed by atoms with Crippen molar-refractivity contribution < 1.29 is 9.84 Å². The monoisotopic (exact) mass is 282 g/mol. The van der Waals surface area contributed by atoms with Crippen LogP contribution in [0.3, 0.4) is 0 Å². The first-order valence-corrected chi connectivity index (χ1v) is 6.94. The highest BCUT2D eigenvalue weighted by atomic mass is 32.1. The molecule has 0 atom stereocenters. The standard InChI is InChI=1S/C14H22N2O2S/c1-2-16(9-10-17)8-3-11-18-13-6-4-12(5-7-13)14(15)19/h4-7,17H,2-3,8-11H2,1H3,(H2,15,19). The summed E-state index contributed by atoms with van der Waals surface area (Å²) < 4.78 is 5.64. The minimum Gasteiger partial charge on any atom is -0.494 e. The van der Waals surface area contributed by atoms with Crippen LogP contribution in [0.25, 0.3) is 0 Å². The van der Waals surface area contributed by atoms with Crippen molar-refractivity contribution in [2.45, 2.75) is 13.3 Å². The number of nitrogens with two attached hydrogens (primary N) is 1. The average Bonchev–Trinajstić information content (AvgIpc) is 2.42. The molecule has 5 heteroatoms. The molecule has 0 radical (unpaired) electrons. The van der Waals surface area contributed by atoms with E-state index in [1.165, 1.54) is 0 Å². The number of aliphatic hydroxyl groups is 1. The molecule has 1 rings (SSSR count). The minimum absolute atomic E-state index is 0.204. The highest BCUT2D eigenvalue weighted by Crippen LogP contribution is 2.12. The molecule has 0 aliphatic rings. The molecule has 1 aromatic carbocycles. The third-order valence-electron chi connectivity index (χ3n) is 2.89. The van der Waals surface area contributed by atoms with Gasteiger partial charge in [-0.3, -0.25) is 0 Å². The van der Waals surface area contributed by atoms with Gasteiger partial charge in [-0.2, -0.15) is 0 Å². The Bertz CT molecular complexity index is 382. The Balaban J connectivity index is 2.27. The highest BCUT2D eigenvalue weighted by molar-refractivity contribution is 7.80. The summed E-state index contributed by atoms with van der Waals surface area (Å²) >= 11 is 4.89.